The molecule has 0 spiro atoms. The molecule has 2 heteroatoms. The van der Waals surface area contributed by atoms with E-state index in [2.05, 4.69) is 24.4 Å². The molecule has 1 aliphatic carbocycles. The number of furan rings is 1. The predicted octanol–water partition coefficient (Wildman–Crippen LogP) is 3.66. The van der Waals surface area contributed by atoms with Crippen molar-refractivity contribution >= 4 is 0 Å². The maximum absolute atomic E-state index is 5.62. The highest BCUT2D eigenvalue weighted by Crippen LogP contribution is 2.32. The van der Waals surface area contributed by atoms with E-state index < -0.39 is 0 Å². The first-order valence-corrected chi connectivity index (χ1v) is 6.15. The summed E-state index contributed by atoms with van der Waals surface area (Å²) >= 11 is 0. The van der Waals surface area contributed by atoms with Crippen LogP contribution in [0, 0.1) is 13.8 Å². The molecule has 16 heavy (non-hydrogen) atoms. The number of aryl methyl sites for hydroxylation is 2. The van der Waals surface area contributed by atoms with Crippen molar-refractivity contribution in [2.24, 2.45) is 0 Å². The third kappa shape index (κ3) is 2.22. The molecule has 2 nitrogen and oxygen atoms in total. The minimum Gasteiger partial charge on any atom is -0.466 e. The molecule has 88 valence electrons. The highest BCUT2D eigenvalue weighted by atomic mass is 16.3. The Bertz CT molecular complexity index is 389. The zero-order valence-electron chi connectivity index (χ0n) is 10.5. The summed E-state index contributed by atoms with van der Waals surface area (Å²) in [6.45, 7) is 4.06. The van der Waals surface area contributed by atoms with Crippen LogP contribution in [-0.4, -0.2) is 7.05 Å². The van der Waals surface area contributed by atoms with E-state index in [0.29, 0.717) is 6.04 Å². The van der Waals surface area contributed by atoms with E-state index in [4.69, 9.17) is 4.42 Å². The maximum Gasteiger partial charge on any atom is 0.106 e. The number of likely N-dealkylation sites (N-methyl/N-ethyl adjacent to an activating group) is 1. The monoisotopic (exact) mass is 219 g/mol. The second-order valence-corrected chi connectivity index (χ2v) is 4.62. The molecule has 1 unspecified atom stereocenters. The Hall–Kier alpha value is -1.02. The van der Waals surface area contributed by atoms with Crippen LogP contribution in [0.1, 0.15) is 48.8 Å². The number of hydrogen-bond donors (Lipinski definition) is 1. The average Bonchev–Trinajstić information content (AvgIpc) is 2.61. The molecule has 1 N–H and O–H groups in total. The third-order valence-electron chi connectivity index (χ3n) is 3.38. The fourth-order valence-electron chi connectivity index (χ4n) is 2.60. The largest absolute Gasteiger partial charge is 0.466 e. The summed E-state index contributed by atoms with van der Waals surface area (Å²) in [5.74, 6) is 2.05. The molecule has 1 aromatic rings. The zero-order chi connectivity index (χ0) is 11.5. The van der Waals surface area contributed by atoms with Crippen LogP contribution in [0.4, 0.5) is 0 Å². The van der Waals surface area contributed by atoms with Crippen molar-refractivity contribution < 1.29 is 4.42 Å². The van der Waals surface area contributed by atoms with Gasteiger partial charge in [0.05, 0.1) is 6.04 Å². The molecular weight excluding hydrogens is 198 g/mol. The summed E-state index contributed by atoms with van der Waals surface area (Å²) in [6, 6.07) is 2.50. The summed E-state index contributed by atoms with van der Waals surface area (Å²) in [5.41, 5.74) is 2.82. The lowest BCUT2D eigenvalue weighted by atomic mass is 9.90. The van der Waals surface area contributed by atoms with Gasteiger partial charge in [-0.25, -0.2) is 0 Å². The molecule has 0 radical (unpaired) electrons. The summed E-state index contributed by atoms with van der Waals surface area (Å²) in [7, 11) is 2.03. The van der Waals surface area contributed by atoms with Crippen LogP contribution in [0.25, 0.3) is 0 Å². The van der Waals surface area contributed by atoms with Gasteiger partial charge in [0.25, 0.3) is 0 Å². The van der Waals surface area contributed by atoms with E-state index in [1.807, 2.05) is 14.0 Å². The molecule has 0 fully saturated rings. The number of allylic oxidation sites excluding steroid dienone is 1. The summed E-state index contributed by atoms with van der Waals surface area (Å²) in [4.78, 5) is 0. The van der Waals surface area contributed by atoms with Gasteiger partial charge in [0.2, 0.25) is 0 Å². The summed E-state index contributed by atoms with van der Waals surface area (Å²) < 4.78 is 5.62. The van der Waals surface area contributed by atoms with Gasteiger partial charge in [-0.2, -0.15) is 0 Å². The van der Waals surface area contributed by atoms with Gasteiger partial charge in [0, 0.05) is 5.56 Å². The molecule has 0 aromatic carbocycles. The molecule has 1 heterocycles. The Morgan fingerprint density at radius 1 is 1.31 bits per heavy atom. The van der Waals surface area contributed by atoms with E-state index in [9.17, 15) is 0 Å². The molecule has 0 saturated heterocycles. The van der Waals surface area contributed by atoms with E-state index >= 15 is 0 Å². The van der Waals surface area contributed by atoms with E-state index in [1.165, 1.54) is 36.8 Å². The highest BCUT2D eigenvalue weighted by molar-refractivity contribution is 5.32. The van der Waals surface area contributed by atoms with Crippen LogP contribution < -0.4 is 5.32 Å². The summed E-state index contributed by atoms with van der Waals surface area (Å²) in [5, 5.41) is 3.41. The fraction of sp³-hybridized carbons (Fsp3) is 0.571. The molecule has 0 amide bonds. The lowest BCUT2D eigenvalue weighted by Crippen LogP contribution is -2.20. The van der Waals surface area contributed by atoms with Crippen molar-refractivity contribution in [1.82, 2.24) is 5.32 Å². The Balaban J connectivity index is 2.28. The van der Waals surface area contributed by atoms with Crippen molar-refractivity contribution in [2.45, 2.75) is 45.6 Å². The van der Waals surface area contributed by atoms with Crippen LogP contribution in [0.2, 0.25) is 0 Å². The molecule has 1 atom stereocenters. The predicted molar refractivity (Wildman–Crippen MR) is 66.5 cm³/mol. The fourth-order valence-corrected chi connectivity index (χ4v) is 2.60. The SMILES string of the molecule is CNC(C1=CCCCC1)c1cc(C)oc1C. The van der Waals surface area contributed by atoms with Gasteiger partial charge in [0.1, 0.15) is 11.5 Å². The first-order chi connectivity index (χ1) is 7.72. The number of nitrogens with one attached hydrogen (secondary N) is 1. The van der Waals surface area contributed by atoms with Gasteiger partial charge in [-0.05, 0) is 52.6 Å². The molecule has 1 aromatic heterocycles. The van der Waals surface area contributed by atoms with Crippen LogP contribution in [0.3, 0.4) is 0 Å². The topological polar surface area (TPSA) is 25.2 Å². The molecule has 1 aliphatic rings. The Morgan fingerprint density at radius 3 is 2.62 bits per heavy atom. The molecule has 2 rings (SSSR count). The first kappa shape index (κ1) is 11.5. The molecule has 0 bridgehead atoms. The van der Waals surface area contributed by atoms with Crippen molar-refractivity contribution in [3.63, 3.8) is 0 Å². The van der Waals surface area contributed by atoms with Gasteiger partial charge >= 0.3 is 0 Å². The molecule has 0 saturated carbocycles. The Kier molecular flexibility index (Phi) is 3.49. The van der Waals surface area contributed by atoms with E-state index in [1.54, 1.807) is 0 Å². The van der Waals surface area contributed by atoms with Gasteiger partial charge in [-0.3, -0.25) is 0 Å². The smallest absolute Gasteiger partial charge is 0.106 e. The van der Waals surface area contributed by atoms with Gasteiger partial charge in [-0.15, -0.1) is 0 Å². The second kappa shape index (κ2) is 4.88. The Morgan fingerprint density at radius 2 is 2.12 bits per heavy atom. The number of hydrogen-bond acceptors (Lipinski definition) is 2. The first-order valence-electron chi connectivity index (χ1n) is 6.15. The minimum atomic E-state index is 0.345. The lowest BCUT2D eigenvalue weighted by Gasteiger charge is -2.22. The highest BCUT2D eigenvalue weighted by Gasteiger charge is 2.20. The van der Waals surface area contributed by atoms with E-state index in [-0.39, 0.29) is 0 Å². The summed E-state index contributed by atoms with van der Waals surface area (Å²) in [6.07, 6.45) is 7.49. The zero-order valence-corrected chi connectivity index (χ0v) is 10.5. The maximum atomic E-state index is 5.62. The Labute approximate surface area is 97.7 Å². The quantitative estimate of drug-likeness (QED) is 0.785. The van der Waals surface area contributed by atoms with Gasteiger partial charge in [0.15, 0.2) is 0 Å². The molecular formula is C14H21NO. The van der Waals surface area contributed by atoms with Crippen molar-refractivity contribution in [3.8, 4) is 0 Å². The normalized spacial score (nSPS) is 18.3. The lowest BCUT2D eigenvalue weighted by molar-refractivity contribution is 0.494. The third-order valence-corrected chi connectivity index (χ3v) is 3.38. The number of rotatable bonds is 3. The van der Waals surface area contributed by atoms with Crippen molar-refractivity contribution in [1.29, 1.82) is 0 Å². The second-order valence-electron chi connectivity index (χ2n) is 4.62. The van der Waals surface area contributed by atoms with Crippen LogP contribution in [0.5, 0.6) is 0 Å². The van der Waals surface area contributed by atoms with E-state index in [0.717, 1.165) is 11.5 Å². The molecule has 0 aliphatic heterocycles. The van der Waals surface area contributed by atoms with Crippen molar-refractivity contribution in [3.05, 3.63) is 34.8 Å². The average molecular weight is 219 g/mol. The van der Waals surface area contributed by atoms with Gasteiger partial charge in [-0.1, -0.05) is 11.6 Å². The van der Waals surface area contributed by atoms with Crippen molar-refractivity contribution in [2.75, 3.05) is 7.05 Å². The standard InChI is InChI=1S/C14H21NO/c1-10-9-13(11(2)16-10)14(15-3)12-7-5-4-6-8-12/h7,9,14-15H,4-6,8H2,1-3H3. The van der Waals surface area contributed by atoms with Crippen LogP contribution in [-0.2, 0) is 0 Å². The van der Waals surface area contributed by atoms with Crippen LogP contribution >= 0.6 is 0 Å². The van der Waals surface area contributed by atoms with Crippen LogP contribution in [0.15, 0.2) is 22.1 Å². The van der Waals surface area contributed by atoms with Gasteiger partial charge < -0.3 is 9.73 Å². The minimum absolute atomic E-state index is 0.345.